The predicted molar refractivity (Wildman–Crippen MR) is 79.1 cm³/mol. The van der Waals surface area contributed by atoms with Crippen molar-refractivity contribution in [2.24, 2.45) is 14.1 Å². The molecule has 2 heterocycles. The molecule has 0 saturated carbocycles. The van der Waals surface area contributed by atoms with Crippen LogP contribution in [0.1, 0.15) is 5.82 Å². The van der Waals surface area contributed by atoms with Crippen molar-refractivity contribution in [3.8, 4) is 0 Å². The molecule has 0 saturated heterocycles. The molecular weight excluding hydrogens is 314 g/mol. The number of aromatic amines is 1. The summed E-state index contributed by atoms with van der Waals surface area (Å²) in [5.41, 5.74) is -0.690. The van der Waals surface area contributed by atoms with Gasteiger partial charge in [0.05, 0.1) is 18.9 Å². The number of nitrogens with zero attached hydrogens (tertiary/aromatic N) is 3. The maximum absolute atomic E-state index is 12.0. The Kier molecular flexibility index (Phi) is 4.49. The number of aromatic nitrogens is 4. The molecule has 0 atom stereocenters. The Morgan fingerprint density at radius 1 is 1.27 bits per heavy atom. The molecule has 0 aliphatic carbocycles. The molecule has 2 rings (SSSR count). The first kappa shape index (κ1) is 16.4. The van der Waals surface area contributed by atoms with E-state index < -0.39 is 21.3 Å². The van der Waals surface area contributed by atoms with Gasteiger partial charge in [-0.3, -0.25) is 13.9 Å². The molecular formula is C11H17N5O5S. The fourth-order valence-electron chi connectivity index (χ4n) is 1.90. The quantitative estimate of drug-likeness (QED) is 0.632. The van der Waals surface area contributed by atoms with E-state index in [1.807, 2.05) is 0 Å². The third-order valence-corrected chi connectivity index (χ3v) is 4.45. The second-order valence-electron chi connectivity index (χ2n) is 4.72. The first-order valence-electron chi connectivity index (χ1n) is 6.37. The number of hydrogen-bond acceptors (Lipinski definition) is 6. The highest BCUT2D eigenvalue weighted by molar-refractivity contribution is 7.89. The van der Waals surface area contributed by atoms with Gasteiger partial charge in [0.15, 0.2) is 5.65 Å². The molecule has 0 aromatic carbocycles. The zero-order valence-electron chi connectivity index (χ0n) is 12.4. The predicted octanol–water partition coefficient (Wildman–Crippen LogP) is -1.97. The molecule has 0 unspecified atom stereocenters. The van der Waals surface area contributed by atoms with Crippen molar-refractivity contribution >= 4 is 21.2 Å². The molecule has 22 heavy (non-hydrogen) atoms. The number of rotatable bonds is 6. The van der Waals surface area contributed by atoms with E-state index in [1.54, 1.807) is 0 Å². The lowest BCUT2D eigenvalue weighted by Gasteiger charge is -2.03. The third-order valence-electron chi connectivity index (χ3n) is 3.16. The van der Waals surface area contributed by atoms with Crippen LogP contribution >= 0.6 is 0 Å². The van der Waals surface area contributed by atoms with Gasteiger partial charge in [-0.15, -0.1) is 0 Å². The number of H-pyrrole nitrogens is 1. The van der Waals surface area contributed by atoms with Crippen molar-refractivity contribution in [1.29, 1.82) is 0 Å². The standard InChI is InChI=1S/C11H17N5O5S/c1-15-9-8(10(17)16(2)11(15)18)13-7(14-9)6-12-22(19,20)5-4-21-3/h12H,4-6H2,1-3H3,(H,13,14). The van der Waals surface area contributed by atoms with Gasteiger partial charge in [0.1, 0.15) is 11.3 Å². The zero-order valence-corrected chi connectivity index (χ0v) is 13.2. The summed E-state index contributed by atoms with van der Waals surface area (Å²) in [6.45, 7) is -0.0391. The molecule has 2 aromatic rings. The molecule has 0 aliphatic heterocycles. The Bertz CT molecular complexity index is 907. The van der Waals surface area contributed by atoms with E-state index in [9.17, 15) is 18.0 Å². The highest BCUT2D eigenvalue weighted by Crippen LogP contribution is 2.04. The van der Waals surface area contributed by atoms with Crippen molar-refractivity contribution in [1.82, 2.24) is 23.8 Å². The summed E-state index contributed by atoms with van der Waals surface area (Å²) in [4.78, 5) is 30.6. The van der Waals surface area contributed by atoms with Crippen LogP contribution < -0.4 is 16.0 Å². The molecule has 0 spiro atoms. The lowest BCUT2D eigenvalue weighted by atomic mass is 10.5. The average molecular weight is 331 g/mol. The Morgan fingerprint density at radius 3 is 2.59 bits per heavy atom. The number of nitrogens with one attached hydrogen (secondary N) is 2. The van der Waals surface area contributed by atoms with Crippen LogP contribution in [0.4, 0.5) is 0 Å². The third kappa shape index (κ3) is 3.10. The SMILES string of the molecule is COCCS(=O)(=O)NCc1nc2c([nH]1)c(=O)n(C)c(=O)n2C. The number of fused-ring (bicyclic) bond motifs is 1. The van der Waals surface area contributed by atoms with Crippen molar-refractivity contribution in [2.45, 2.75) is 6.54 Å². The largest absolute Gasteiger partial charge is 0.384 e. The number of hydrogen-bond donors (Lipinski definition) is 2. The van der Waals surface area contributed by atoms with E-state index in [1.165, 1.54) is 25.8 Å². The molecule has 122 valence electrons. The van der Waals surface area contributed by atoms with Gasteiger partial charge in [0.25, 0.3) is 5.56 Å². The minimum Gasteiger partial charge on any atom is -0.384 e. The minimum absolute atomic E-state index is 0.0739. The van der Waals surface area contributed by atoms with Gasteiger partial charge in [-0.2, -0.15) is 0 Å². The average Bonchev–Trinajstić information content (AvgIpc) is 2.91. The van der Waals surface area contributed by atoms with Crippen LogP contribution in [-0.2, 0) is 35.4 Å². The van der Waals surface area contributed by atoms with Crippen LogP contribution in [0.15, 0.2) is 9.59 Å². The molecule has 0 bridgehead atoms. The molecule has 2 aromatic heterocycles. The van der Waals surface area contributed by atoms with Crippen LogP contribution in [-0.4, -0.2) is 47.0 Å². The maximum Gasteiger partial charge on any atom is 0.332 e. The summed E-state index contributed by atoms with van der Waals surface area (Å²) in [6.07, 6.45) is 0. The number of methoxy groups -OCH3 is 1. The summed E-state index contributed by atoms with van der Waals surface area (Å²) in [5.74, 6) is 0.0681. The van der Waals surface area contributed by atoms with Gasteiger partial charge in [0.2, 0.25) is 10.0 Å². The monoisotopic (exact) mass is 331 g/mol. The highest BCUT2D eigenvalue weighted by atomic mass is 32.2. The summed E-state index contributed by atoms with van der Waals surface area (Å²) >= 11 is 0. The zero-order chi connectivity index (χ0) is 16.5. The highest BCUT2D eigenvalue weighted by Gasteiger charge is 2.15. The van der Waals surface area contributed by atoms with E-state index in [0.717, 1.165) is 4.57 Å². The first-order valence-corrected chi connectivity index (χ1v) is 8.03. The van der Waals surface area contributed by atoms with Crippen molar-refractivity contribution < 1.29 is 13.2 Å². The molecule has 2 N–H and O–H groups in total. The lowest BCUT2D eigenvalue weighted by molar-refractivity contribution is 0.217. The van der Waals surface area contributed by atoms with Crippen LogP contribution in [0.25, 0.3) is 11.2 Å². The van der Waals surface area contributed by atoms with Gasteiger partial charge in [-0.05, 0) is 0 Å². The van der Waals surface area contributed by atoms with Gasteiger partial charge in [-0.25, -0.2) is 22.9 Å². The minimum atomic E-state index is -3.50. The van der Waals surface area contributed by atoms with E-state index >= 15 is 0 Å². The molecule has 0 radical (unpaired) electrons. The van der Waals surface area contributed by atoms with E-state index in [-0.39, 0.29) is 35.9 Å². The Morgan fingerprint density at radius 2 is 1.95 bits per heavy atom. The van der Waals surface area contributed by atoms with Crippen LogP contribution in [0, 0.1) is 0 Å². The summed E-state index contributed by atoms with van der Waals surface area (Å²) in [6, 6.07) is 0. The Hall–Kier alpha value is -1.98. The molecule has 0 amide bonds. The van der Waals surface area contributed by atoms with E-state index in [2.05, 4.69) is 14.7 Å². The fourth-order valence-corrected chi connectivity index (χ4v) is 2.79. The van der Waals surface area contributed by atoms with Gasteiger partial charge in [0, 0.05) is 21.2 Å². The van der Waals surface area contributed by atoms with Gasteiger partial charge < -0.3 is 9.72 Å². The molecule has 0 fully saturated rings. The topological polar surface area (TPSA) is 128 Å². The molecule has 11 heteroatoms. The summed E-state index contributed by atoms with van der Waals surface area (Å²) < 4.78 is 32.6. The van der Waals surface area contributed by atoms with Crippen LogP contribution in [0.5, 0.6) is 0 Å². The number of sulfonamides is 1. The van der Waals surface area contributed by atoms with E-state index in [0.29, 0.717) is 0 Å². The second-order valence-corrected chi connectivity index (χ2v) is 6.65. The van der Waals surface area contributed by atoms with Crippen molar-refractivity contribution in [3.63, 3.8) is 0 Å². The van der Waals surface area contributed by atoms with Gasteiger partial charge in [-0.1, -0.05) is 0 Å². The van der Waals surface area contributed by atoms with Crippen molar-refractivity contribution in [2.75, 3.05) is 19.5 Å². The van der Waals surface area contributed by atoms with Crippen LogP contribution in [0.2, 0.25) is 0 Å². The summed E-state index contributed by atoms with van der Waals surface area (Å²) in [5, 5.41) is 0. The Labute approximate surface area is 125 Å². The maximum atomic E-state index is 12.0. The lowest BCUT2D eigenvalue weighted by Crippen LogP contribution is -2.36. The molecule has 0 aliphatic rings. The number of ether oxygens (including phenoxy) is 1. The second kappa shape index (κ2) is 6.02. The van der Waals surface area contributed by atoms with E-state index in [4.69, 9.17) is 4.74 Å². The van der Waals surface area contributed by atoms with Crippen molar-refractivity contribution in [3.05, 3.63) is 26.7 Å². The fraction of sp³-hybridized carbons (Fsp3) is 0.545. The first-order chi connectivity index (χ1) is 10.3. The Balaban J connectivity index is 2.32. The number of aryl methyl sites for hydroxylation is 1. The smallest absolute Gasteiger partial charge is 0.332 e. The summed E-state index contributed by atoms with van der Waals surface area (Å²) in [7, 11) is 0.748. The number of imidazole rings is 1. The molecule has 10 nitrogen and oxygen atoms in total. The van der Waals surface area contributed by atoms with Crippen LogP contribution in [0.3, 0.4) is 0 Å². The normalized spacial score (nSPS) is 12.1. The van der Waals surface area contributed by atoms with Gasteiger partial charge >= 0.3 is 5.69 Å².